The van der Waals surface area contributed by atoms with Crippen LogP contribution >= 0.6 is 11.3 Å². The second-order valence-corrected chi connectivity index (χ2v) is 8.38. The fourth-order valence-electron chi connectivity index (χ4n) is 3.59. The summed E-state index contributed by atoms with van der Waals surface area (Å²) in [4.78, 5) is 31.1. The molecule has 1 aliphatic rings. The number of methoxy groups -OCH3 is 2. The van der Waals surface area contributed by atoms with Crippen LogP contribution in [0.15, 0.2) is 42.5 Å². The van der Waals surface area contributed by atoms with Crippen LogP contribution in [0.2, 0.25) is 0 Å². The monoisotopic (exact) mass is 437 g/mol. The van der Waals surface area contributed by atoms with Crippen LogP contribution in [0.5, 0.6) is 11.5 Å². The summed E-state index contributed by atoms with van der Waals surface area (Å²) in [5.41, 5.74) is 2.92. The van der Waals surface area contributed by atoms with Gasteiger partial charge < -0.3 is 14.8 Å². The van der Waals surface area contributed by atoms with Crippen molar-refractivity contribution in [3.63, 3.8) is 0 Å². The second-order valence-electron chi connectivity index (χ2n) is 7.29. The van der Waals surface area contributed by atoms with E-state index in [-0.39, 0.29) is 17.7 Å². The Morgan fingerprint density at radius 2 is 1.84 bits per heavy atom. The highest BCUT2D eigenvalue weighted by atomic mass is 32.1. The number of hydrogen-bond donors (Lipinski definition) is 2. The van der Waals surface area contributed by atoms with Crippen molar-refractivity contribution in [2.45, 2.75) is 25.7 Å². The van der Waals surface area contributed by atoms with Gasteiger partial charge in [0.15, 0.2) is 5.13 Å². The highest BCUT2D eigenvalue weighted by Gasteiger charge is 2.33. The van der Waals surface area contributed by atoms with Gasteiger partial charge in [-0.15, -0.1) is 11.3 Å². The molecule has 8 heteroatoms. The topological polar surface area (TPSA) is 89.5 Å². The standard InChI is InChI=1S/C23H23N3O4S/c1-13-4-10-18(30-3)17(12-13)24-22(28)16-9-11-19-20(16)25-23(31-19)26-21(27)14-5-7-15(29-2)8-6-14/h4-8,10,12,16H,9,11H2,1-3H3,(H,24,28)(H,25,26,27)/t16-/m1/s1. The number of anilines is 2. The van der Waals surface area contributed by atoms with Gasteiger partial charge in [-0.1, -0.05) is 6.07 Å². The Labute approximate surface area is 184 Å². The lowest BCUT2D eigenvalue weighted by molar-refractivity contribution is -0.117. The maximum absolute atomic E-state index is 13.0. The van der Waals surface area contributed by atoms with Crippen LogP contribution in [0.4, 0.5) is 10.8 Å². The number of aryl methyl sites for hydroxylation is 2. The fraction of sp³-hybridized carbons (Fsp3) is 0.261. The average molecular weight is 438 g/mol. The Morgan fingerprint density at radius 1 is 1.06 bits per heavy atom. The first-order chi connectivity index (χ1) is 15.0. The van der Waals surface area contributed by atoms with Crippen molar-refractivity contribution in [3.05, 3.63) is 64.2 Å². The summed E-state index contributed by atoms with van der Waals surface area (Å²) in [6.07, 6.45) is 1.45. The van der Waals surface area contributed by atoms with Crippen molar-refractivity contribution >= 4 is 34.0 Å². The summed E-state index contributed by atoms with van der Waals surface area (Å²) in [6.45, 7) is 1.96. The van der Waals surface area contributed by atoms with Crippen molar-refractivity contribution in [2.24, 2.45) is 0 Å². The Bertz CT molecular complexity index is 1120. The highest BCUT2D eigenvalue weighted by molar-refractivity contribution is 7.16. The zero-order valence-corrected chi connectivity index (χ0v) is 18.3. The van der Waals surface area contributed by atoms with Gasteiger partial charge in [-0.2, -0.15) is 0 Å². The van der Waals surface area contributed by atoms with Crippen LogP contribution in [0, 0.1) is 6.92 Å². The molecule has 2 amide bonds. The third-order valence-corrected chi connectivity index (χ3v) is 6.27. The number of carbonyl (C=O) groups is 2. The molecule has 7 nitrogen and oxygen atoms in total. The third kappa shape index (κ3) is 4.39. The summed E-state index contributed by atoms with van der Waals surface area (Å²) in [7, 11) is 3.15. The van der Waals surface area contributed by atoms with E-state index in [1.165, 1.54) is 11.3 Å². The molecule has 0 radical (unpaired) electrons. The number of aromatic nitrogens is 1. The number of thiazole rings is 1. The van der Waals surface area contributed by atoms with Crippen LogP contribution in [0.3, 0.4) is 0 Å². The van der Waals surface area contributed by atoms with E-state index >= 15 is 0 Å². The molecule has 4 rings (SSSR count). The molecule has 0 spiro atoms. The molecule has 0 unspecified atom stereocenters. The van der Waals surface area contributed by atoms with Gasteiger partial charge >= 0.3 is 0 Å². The highest BCUT2D eigenvalue weighted by Crippen LogP contribution is 2.39. The third-order valence-electron chi connectivity index (χ3n) is 5.22. The smallest absolute Gasteiger partial charge is 0.257 e. The van der Waals surface area contributed by atoms with E-state index in [2.05, 4.69) is 15.6 Å². The normalized spacial score (nSPS) is 14.6. The lowest BCUT2D eigenvalue weighted by atomic mass is 10.1. The number of amides is 2. The van der Waals surface area contributed by atoms with E-state index in [4.69, 9.17) is 9.47 Å². The molecule has 0 saturated carbocycles. The molecular weight excluding hydrogens is 414 g/mol. The predicted molar refractivity (Wildman–Crippen MR) is 120 cm³/mol. The Hall–Kier alpha value is -3.39. The molecule has 0 bridgehead atoms. The molecule has 0 aliphatic heterocycles. The SMILES string of the molecule is COc1ccc(C(=O)Nc2nc3c(s2)CC[C@H]3C(=O)Nc2cc(C)ccc2OC)cc1. The van der Waals surface area contributed by atoms with Gasteiger partial charge in [0, 0.05) is 10.4 Å². The van der Waals surface area contributed by atoms with Gasteiger partial charge in [0.25, 0.3) is 5.91 Å². The van der Waals surface area contributed by atoms with Gasteiger partial charge in [-0.25, -0.2) is 4.98 Å². The van der Waals surface area contributed by atoms with E-state index < -0.39 is 0 Å². The van der Waals surface area contributed by atoms with Crippen molar-refractivity contribution in [3.8, 4) is 11.5 Å². The van der Waals surface area contributed by atoms with Crippen LogP contribution in [-0.2, 0) is 11.2 Å². The first kappa shape index (κ1) is 20.9. The molecule has 1 atom stereocenters. The van der Waals surface area contributed by atoms with Gasteiger partial charge in [0.1, 0.15) is 11.5 Å². The first-order valence-electron chi connectivity index (χ1n) is 9.89. The summed E-state index contributed by atoms with van der Waals surface area (Å²) in [5.74, 6) is 0.566. The van der Waals surface area contributed by atoms with Crippen molar-refractivity contribution < 1.29 is 19.1 Å². The van der Waals surface area contributed by atoms with E-state index in [9.17, 15) is 9.59 Å². The van der Waals surface area contributed by atoms with Crippen molar-refractivity contribution in [1.82, 2.24) is 4.98 Å². The quantitative estimate of drug-likeness (QED) is 0.597. The average Bonchev–Trinajstić information content (AvgIpc) is 3.34. The van der Waals surface area contributed by atoms with Crippen LogP contribution in [-0.4, -0.2) is 31.0 Å². The molecule has 1 aliphatic carbocycles. The van der Waals surface area contributed by atoms with E-state index in [0.29, 0.717) is 34.3 Å². The number of nitrogens with one attached hydrogen (secondary N) is 2. The van der Waals surface area contributed by atoms with Crippen molar-refractivity contribution in [2.75, 3.05) is 24.9 Å². The Balaban J connectivity index is 1.47. The van der Waals surface area contributed by atoms with Crippen LogP contribution in [0.1, 0.15) is 38.8 Å². The lowest BCUT2D eigenvalue weighted by Gasteiger charge is -2.14. The molecule has 0 fully saturated rings. The number of fused-ring (bicyclic) bond motifs is 1. The first-order valence-corrected chi connectivity index (χ1v) is 10.7. The van der Waals surface area contributed by atoms with Gasteiger partial charge in [0.2, 0.25) is 5.91 Å². The van der Waals surface area contributed by atoms with Crippen LogP contribution in [0.25, 0.3) is 0 Å². The predicted octanol–water partition coefficient (Wildman–Crippen LogP) is 4.39. The minimum Gasteiger partial charge on any atom is -0.497 e. The second kappa shape index (κ2) is 8.77. The van der Waals surface area contributed by atoms with Crippen molar-refractivity contribution in [1.29, 1.82) is 0 Å². The Kier molecular flexibility index (Phi) is 5.90. The molecule has 2 aromatic carbocycles. The zero-order chi connectivity index (χ0) is 22.0. The van der Waals surface area contributed by atoms with Gasteiger partial charge in [-0.05, 0) is 61.7 Å². The van der Waals surface area contributed by atoms with E-state index in [1.54, 1.807) is 38.5 Å². The molecule has 3 aromatic rings. The molecule has 0 saturated heterocycles. The minimum atomic E-state index is -0.358. The molecule has 1 aromatic heterocycles. The van der Waals surface area contributed by atoms with E-state index in [1.807, 2.05) is 25.1 Å². The fourth-order valence-corrected chi connectivity index (χ4v) is 4.62. The van der Waals surface area contributed by atoms with Gasteiger partial charge in [0.05, 0.1) is 31.5 Å². The minimum absolute atomic E-state index is 0.124. The molecular formula is C23H23N3O4S. The molecule has 1 heterocycles. The van der Waals surface area contributed by atoms with E-state index in [0.717, 1.165) is 22.6 Å². The number of hydrogen-bond acceptors (Lipinski definition) is 6. The number of carbonyl (C=O) groups excluding carboxylic acids is 2. The summed E-state index contributed by atoms with van der Waals surface area (Å²) in [6, 6.07) is 12.5. The molecule has 31 heavy (non-hydrogen) atoms. The largest absolute Gasteiger partial charge is 0.497 e. The van der Waals surface area contributed by atoms with Crippen LogP contribution < -0.4 is 20.1 Å². The number of rotatable bonds is 6. The zero-order valence-electron chi connectivity index (χ0n) is 17.5. The maximum atomic E-state index is 13.0. The van der Waals surface area contributed by atoms with Gasteiger partial charge in [-0.3, -0.25) is 14.9 Å². The summed E-state index contributed by atoms with van der Waals surface area (Å²) < 4.78 is 10.5. The Morgan fingerprint density at radius 3 is 2.55 bits per heavy atom. The molecule has 160 valence electrons. The number of ether oxygens (including phenoxy) is 2. The lowest BCUT2D eigenvalue weighted by Crippen LogP contribution is -2.20. The number of nitrogens with zero attached hydrogens (tertiary/aromatic N) is 1. The summed E-state index contributed by atoms with van der Waals surface area (Å²) >= 11 is 1.42. The number of benzene rings is 2. The summed E-state index contributed by atoms with van der Waals surface area (Å²) in [5, 5.41) is 6.31. The maximum Gasteiger partial charge on any atom is 0.257 e. The molecule has 2 N–H and O–H groups in total.